The van der Waals surface area contributed by atoms with E-state index in [-0.39, 0.29) is 24.0 Å². The van der Waals surface area contributed by atoms with Gasteiger partial charge in [-0.15, -0.1) is 0 Å². The Morgan fingerprint density at radius 2 is 2.30 bits per heavy atom. The predicted octanol–water partition coefficient (Wildman–Crippen LogP) is 1.05. The summed E-state index contributed by atoms with van der Waals surface area (Å²) in [5.41, 5.74) is 1.31. The monoisotopic (exact) mass is 272 g/mol. The normalized spacial score (nSPS) is 22.9. The Bertz CT molecular complexity index is 564. The fraction of sp³-hybridized carbons (Fsp3) is 0.357. The lowest BCUT2D eigenvalue weighted by molar-refractivity contribution is 0.0228. The number of hydrogen-bond donors (Lipinski definition) is 3. The van der Waals surface area contributed by atoms with Gasteiger partial charge in [0.25, 0.3) is 5.91 Å². The molecule has 2 aromatic heterocycles. The Labute approximate surface area is 116 Å². The number of aliphatic hydroxyl groups is 1. The van der Waals surface area contributed by atoms with Gasteiger partial charge in [-0.25, -0.2) is 0 Å². The molecule has 1 saturated carbocycles. The van der Waals surface area contributed by atoms with Crippen molar-refractivity contribution in [3.05, 3.63) is 48.0 Å². The number of nitrogens with one attached hydrogen (secondary N) is 2. The van der Waals surface area contributed by atoms with Crippen LogP contribution in [-0.4, -0.2) is 32.3 Å². The van der Waals surface area contributed by atoms with Crippen LogP contribution in [0.3, 0.4) is 0 Å². The lowest BCUT2D eigenvalue weighted by Crippen LogP contribution is -2.41. The van der Waals surface area contributed by atoms with E-state index in [4.69, 9.17) is 0 Å². The third-order valence-electron chi connectivity index (χ3n) is 3.67. The molecule has 6 heteroatoms. The number of aliphatic hydroxyl groups excluding tert-OH is 1. The highest BCUT2D eigenvalue weighted by molar-refractivity contribution is 5.93. The van der Waals surface area contributed by atoms with Crippen LogP contribution in [0.4, 0.5) is 0 Å². The molecule has 1 atom stereocenters. The summed E-state index contributed by atoms with van der Waals surface area (Å²) in [4.78, 5) is 16.5. The van der Waals surface area contributed by atoms with Crippen molar-refractivity contribution in [1.29, 1.82) is 0 Å². The van der Waals surface area contributed by atoms with E-state index in [0.717, 1.165) is 5.69 Å². The summed E-state index contributed by atoms with van der Waals surface area (Å²) in [6, 6.07) is 5.45. The lowest BCUT2D eigenvalue weighted by atomic mass is 9.76. The van der Waals surface area contributed by atoms with Crippen LogP contribution in [0.1, 0.15) is 34.9 Å². The van der Waals surface area contributed by atoms with Crippen LogP contribution in [0.2, 0.25) is 0 Å². The second-order valence-corrected chi connectivity index (χ2v) is 5.08. The van der Waals surface area contributed by atoms with E-state index in [0.29, 0.717) is 18.4 Å². The summed E-state index contributed by atoms with van der Waals surface area (Å²) in [7, 11) is 0. The first-order chi connectivity index (χ1) is 9.74. The van der Waals surface area contributed by atoms with Crippen molar-refractivity contribution in [2.24, 2.45) is 5.92 Å². The van der Waals surface area contributed by atoms with Gasteiger partial charge < -0.3 is 10.4 Å². The van der Waals surface area contributed by atoms with Gasteiger partial charge in [-0.1, -0.05) is 6.07 Å². The van der Waals surface area contributed by atoms with Crippen molar-refractivity contribution in [3.63, 3.8) is 0 Å². The molecule has 6 nitrogen and oxygen atoms in total. The largest absolute Gasteiger partial charge is 0.393 e. The first-order valence-electron chi connectivity index (χ1n) is 6.62. The van der Waals surface area contributed by atoms with Gasteiger partial charge in [0, 0.05) is 12.4 Å². The molecule has 0 saturated heterocycles. The van der Waals surface area contributed by atoms with Gasteiger partial charge in [-0.3, -0.25) is 14.9 Å². The van der Waals surface area contributed by atoms with Crippen molar-refractivity contribution in [2.75, 3.05) is 0 Å². The molecule has 0 unspecified atom stereocenters. The van der Waals surface area contributed by atoms with Crippen LogP contribution in [0.5, 0.6) is 0 Å². The van der Waals surface area contributed by atoms with E-state index >= 15 is 0 Å². The highest BCUT2D eigenvalue weighted by Crippen LogP contribution is 2.37. The molecule has 0 bridgehead atoms. The number of amides is 1. The highest BCUT2D eigenvalue weighted by Gasteiger charge is 2.36. The zero-order chi connectivity index (χ0) is 13.9. The Kier molecular flexibility index (Phi) is 3.47. The summed E-state index contributed by atoms with van der Waals surface area (Å²) in [6.07, 6.45) is 5.86. The van der Waals surface area contributed by atoms with Crippen LogP contribution < -0.4 is 5.32 Å². The number of aromatic amines is 1. The molecule has 3 N–H and O–H groups in total. The topological polar surface area (TPSA) is 90.9 Å². The van der Waals surface area contributed by atoms with E-state index in [9.17, 15) is 9.90 Å². The number of aromatic nitrogens is 3. The first-order valence-corrected chi connectivity index (χ1v) is 6.62. The molecule has 2 aromatic rings. The van der Waals surface area contributed by atoms with Crippen molar-refractivity contribution in [3.8, 4) is 0 Å². The molecule has 1 fully saturated rings. The van der Waals surface area contributed by atoms with Gasteiger partial charge in [0.05, 0.1) is 29.6 Å². The summed E-state index contributed by atoms with van der Waals surface area (Å²) < 4.78 is 0. The number of hydrogen-bond acceptors (Lipinski definition) is 4. The predicted molar refractivity (Wildman–Crippen MR) is 71.8 cm³/mol. The smallest absolute Gasteiger partial charge is 0.255 e. The molecular formula is C14H16N4O2. The summed E-state index contributed by atoms with van der Waals surface area (Å²) >= 11 is 0. The molecule has 1 amide bonds. The van der Waals surface area contributed by atoms with Crippen molar-refractivity contribution in [1.82, 2.24) is 20.5 Å². The Hall–Kier alpha value is -2.21. The summed E-state index contributed by atoms with van der Waals surface area (Å²) in [5.74, 6) is 0.0338. The standard InChI is InChI=1S/C14H16N4O2/c19-11-5-9(6-11)13(12-3-1-2-4-15-12)18-14(20)10-7-16-17-8-10/h1-4,7-9,11,13,19H,5-6H2,(H,16,17)(H,18,20)/t9?,11?,13-/m0/s1. The first kappa shape index (κ1) is 12.8. The molecule has 1 aliphatic rings. The van der Waals surface area contributed by atoms with Gasteiger partial charge >= 0.3 is 0 Å². The molecule has 0 radical (unpaired) electrons. The quantitative estimate of drug-likeness (QED) is 0.775. The lowest BCUT2D eigenvalue weighted by Gasteiger charge is -2.37. The SMILES string of the molecule is O=C(N[C@H](c1ccccn1)C1CC(O)C1)c1cn[nH]c1. The van der Waals surface area contributed by atoms with Crippen LogP contribution >= 0.6 is 0 Å². The fourth-order valence-electron chi connectivity index (χ4n) is 2.49. The number of carbonyl (C=O) groups is 1. The van der Waals surface area contributed by atoms with Crippen LogP contribution in [0.25, 0.3) is 0 Å². The van der Waals surface area contributed by atoms with Crippen molar-refractivity contribution in [2.45, 2.75) is 25.0 Å². The average molecular weight is 272 g/mol. The molecule has 0 aliphatic heterocycles. The Morgan fingerprint density at radius 1 is 1.45 bits per heavy atom. The minimum Gasteiger partial charge on any atom is -0.393 e. The third-order valence-corrected chi connectivity index (χ3v) is 3.67. The molecule has 0 aromatic carbocycles. The van der Waals surface area contributed by atoms with Gasteiger partial charge in [0.15, 0.2) is 0 Å². The van der Waals surface area contributed by atoms with Crippen LogP contribution in [0, 0.1) is 5.92 Å². The number of rotatable bonds is 4. The second-order valence-electron chi connectivity index (χ2n) is 5.08. The summed E-state index contributed by atoms with van der Waals surface area (Å²) in [5, 5.41) is 18.9. The van der Waals surface area contributed by atoms with Gasteiger partial charge in [0.2, 0.25) is 0 Å². The molecular weight excluding hydrogens is 256 g/mol. The van der Waals surface area contributed by atoms with Gasteiger partial charge in [0.1, 0.15) is 0 Å². The molecule has 3 rings (SSSR count). The van der Waals surface area contributed by atoms with E-state index in [2.05, 4.69) is 20.5 Å². The number of carbonyl (C=O) groups excluding carboxylic acids is 1. The van der Waals surface area contributed by atoms with Crippen LogP contribution in [0.15, 0.2) is 36.8 Å². The van der Waals surface area contributed by atoms with Gasteiger partial charge in [-0.2, -0.15) is 5.10 Å². The number of pyridine rings is 1. The van der Waals surface area contributed by atoms with E-state index in [1.807, 2.05) is 18.2 Å². The maximum atomic E-state index is 12.2. The minimum atomic E-state index is -0.267. The fourth-order valence-corrected chi connectivity index (χ4v) is 2.49. The van der Waals surface area contributed by atoms with Crippen LogP contribution in [-0.2, 0) is 0 Å². The maximum absolute atomic E-state index is 12.2. The molecule has 2 heterocycles. The second kappa shape index (κ2) is 5.42. The average Bonchev–Trinajstić information content (AvgIpc) is 2.97. The summed E-state index contributed by atoms with van der Waals surface area (Å²) in [6.45, 7) is 0. The van der Waals surface area contributed by atoms with E-state index < -0.39 is 0 Å². The molecule has 1 aliphatic carbocycles. The van der Waals surface area contributed by atoms with E-state index in [1.54, 1.807) is 12.4 Å². The van der Waals surface area contributed by atoms with Crippen molar-refractivity contribution >= 4 is 5.91 Å². The number of nitrogens with zero attached hydrogens (tertiary/aromatic N) is 2. The van der Waals surface area contributed by atoms with E-state index in [1.165, 1.54) is 6.20 Å². The maximum Gasteiger partial charge on any atom is 0.255 e. The Balaban J connectivity index is 1.78. The molecule has 104 valence electrons. The third kappa shape index (κ3) is 2.55. The van der Waals surface area contributed by atoms with Gasteiger partial charge in [-0.05, 0) is 30.9 Å². The zero-order valence-electron chi connectivity index (χ0n) is 10.9. The number of H-pyrrole nitrogens is 1. The molecule has 0 spiro atoms. The molecule has 20 heavy (non-hydrogen) atoms. The minimum absolute atomic E-state index is 0.179. The Morgan fingerprint density at radius 3 is 2.90 bits per heavy atom. The van der Waals surface area contributed by atoms with Crippen molar-refractivity contribution < 1.29 is 9.90 Å². The highest BCUT2D eigenvalue weighted by atomic mass is 16.3. The zero-order valence-corrected chi connectivity index (χ0v) is 10.9.